The molecule has 1 atom stereocenters. The van der Waals surface area contributed by atoms with Crippen molar-refractivity contribution in [3.05, 3.63) is 35.4 Å². The SMILES string of the molecule is CCOCCCC(NN)c1c(F)cccc1F. The van der Waals surface area contributed by atoms with Crippen LogP contribution in [0, 0.1) is 11.6 Å². The molecule has 0 aliphatic heterocycles. The number of hydrazine groups is 1. The molecule has 0 saturated heterocycles. The van der Waals surface area contributed by atoms with Gasteiger partial charge < -0.3 is 4.74 Å². The van der Waals surface area contributed by atoms with Crippen molar-refractivity contribution in [2.24, 2.45) is 5.84 Å². The Labute approximate surface area is 99.9 Å². The fourth-order valence-corrected chi connectivity index (χ4v) is 1.69. The van der Waals surface area contributed by atoms with Gasteiger partial charge in [-0.15, -0.1) is 0 Å². The van der Waals surface area contributed by atoms with E-state index >= 15 is 0 Å². The molecule has 0 spiro atoms. The number of ether oxygens (including phenoxy) is 1. The highest BCUT2D eigenvalue weighted by Gasteiger charge is 2.18. The lowest BCUT2D eigenvalue weighted by molar-refractivity contribution is 0.140. The van der Waals surface area contributed by atoms with E-state index in [1.807, 2.05) is 6.92 Å². The summed E-state index contributed by atoms with van der Waals surface area (Å²) in [5, 5.41) is 0. The number of nitrogens with two attached hydrogens (primary N) is 1. The Bertz CT molecular complexity index is 327. The standard InChI is InChI=1S/C12H18F2N2O/c1-2-17-8-4-7-11(16-15)12-9(13)5-3-6-10(12)14/h3,5-6,11,16H,2,4,7-8,15H2,1H3. The van der Waals surface area contributed by atoms with Crippen LogP contribution in [0.25, 0.3) is 0 Å². The van der Waals surface area contributed by atoms with Crippen molar-refractivity contribution in [1.29, 1.82) is 0 Å². The lowest BCUT2D eigenvalue weighted by Gasteiger charge is -2.17. The lowest BCUT2D eigenvalue weighted by Crippen LogP contribution is -2.29. The predicted molar refractivity (Wildman–Crippen MR) is 62.1 cm³/mol. The van der Waals surface area contributed by atoms with E-state index in [0.717, 1.165) is 0 Å². The van der Waals surface area contributed by atoms with Crippen molar-refractivity contribution in [2.45, 2.75) is 25.8 Å². The average molecular weight is 244 g/mol. The molecule has 0 radical (unpaired) electrons. The monoisotopic (exact) mass is 244 g/mol. The molecule has 17 heavy (non-hydrogen) atoms. The van der Waals surface area contributed by atoms with Crippen LogP contribution in [0.4, 0.5) is 8.78 Å². The molecule has 0 fully saturated rings. The summed E-state index contributed by atoms with van der Waals surface area (Å²) >= 11 is 0. The summed E-state index contributed by atoms with van der Waals surface area (Å²) in [6.07, 6.45) is 1.21. The largest absolute Gasteiger partial charge is 0.382 e. The molecule has 3 nitrogen and oxygen atoms in total. The van der Waals surface area contributed by atoms with Crippen LogP contribution in [0.3, 0.4) is 0 Å². The average Bonchev–Trinajstić information content (AvgIpc) is 2.31. The van der Waals surface area contributed by atoms with E-state index in [1.165, 1.54) is 18.2 Å². The maximum Gasteiger partial charge on any atom is 0.130 e. The second-order valence-corrected chi connectivity index (χ2v) is 3.69. The number of hydrogen-bond donors (Lipinski definition) is 2. The normalized spacial score (nSPS) is 12.7. The number of hydrogen-bond acceptors (Lipinski definition) is 3. The van der Waals surface area contributed by atoms with Crippen molar-refractivity contribution in [3.8, 4) is 0 Å². The molecule has 1 unspecified atom stereocenters. The zero-order chi connectivity index (χ0) is 12.7. The molecular formula is C12H18F2N2O. The summed E-state index contributed by atoms with van der Waals surface area (Å²) in [6, 6.07) is 3.26. The first-order chi connectivity index (χ1) is 8.20. The third-order valence-electron chi connectivity index (χ3n) is 2.53. The molecule has 3 N–H and O–H groups in total. The zero-order valence-corrected chi connectivity index (χ0v) is 9.88. The minimum Gasteiger partial charge on any atom is -0.382 e. The number of benzene rings is 1. The van der Waals surface area contributed by atoms with E-state index in [2.05, 4.69) is 5.43 Å². The number of nitrogens with one attached hydrogen (secondary N) is 1. The molecule has 0 aliphatic rings. The van der Waals surface area contributed by atoms with Gasteiger partial charge in [0.05, 0.1) is 6.04 Å². The smallest absolute Gasteiger partial charge is 0.130 e. The molecule has 5 heteroatoms. The van der Waals surface area contributed by atoms with E-state index in [1.54, 1.807) is 0 Å². The first kappa shape index (κ1) is 14.0. The maximum atomic E-state index is 13.5. The van der Waals surface area contributed by atoms with E-state index in [-0.39, 0.29) is 5.56 Å². The molecule has 0 amide bonds. The molecule has 96 valence electrons. The fraction of sp³-hybridized carbons (Fsp3) is 0.500. The first-order valence-corrected chi connectivity index (χ1v) is 5.68. The molecule has 0 heterocycles. The van der Waals surface area contributed by atoms with Crippen molar-refractivity contribution >= 4 is 0 Å². The summed E-state index contributed by atoms with van der Waals surface area (Å²) in [7, 11) is 0. The van der Waals surface area contributed by atoms with Crippen molar-refractivity contribution in [3.63, 3.8) is 0 Å². The Balaban J connectivity index is 2.66. The van der Waals surface area contributed by atoms with Crippen LogP contribution in [0.2, 0.25) is 0 Å². The van der Waals surface area contributed by atoms with Gasteiger partial charge in [0.2, 0.25) is 0 Å². The summed E-state index contributed by atoms with van der Waals surface area (Å²) in [5.41, 5.74) is 2.43. The van der Waals surface area contributed by atoms with Gasteiger partial charge in [0.15, 0.2) is 0 Å². The Kier molecular flexibility index (Phi) is 6.04. The molecule has 0 aromatic heterocycles. The van der Waals surface area contributed by atoms with Gasteiger partial charge in [-0.1, -0.05) is 6.07 Å². The molecule has 1 aromatic rings. The van der Waals surface area contributed by atoms with Crippen molar-refractivity contribution < 1.29 is 13.5 Å². The second kappa shape index (κ2) is 7.32. The van der Waals surface area contributed by atoms with Crippen molar-refractivity contribution in [2.75, 3.05) is 13.2 Å². The second-order valence-electron chi connectivity index (χ2n) is 3.69. The van der Waals surface area contributed by atoms with E-state index < -0.39 is 17.7 Å². The molecule has 0 bridgehead atoms. The van der Waals surface area contributed by atoms with Crippen LogP contribution in [-0.2, 0) is 4.74 Å². The summed E-state index contributed by atoms with van der Waals surface area (Å²) < 4.78 is 32.2. The van der Waals surface area contributed by atoms with Crippen molar-refractivity contribution in [1.82, 2.24) is 5.43 Å². The van der Waals surface area contributed by atoms with Gasteiger partial charge in [-0.25, -0.2) is 8.78 Å². The predicted octanol–water partition coefficient (Wildman–Crippen LogP) is 2.29. The highest BCUT2D eigenvalue weighted by Crippen LogP contribution is 2.23. The van der Waals surface area contributed by atoms with E-state index in [0.29, 0.717) is 26.1 Å². The summed E-state index contributed by atoms with van der Waals surface area (Å²) in [6.45, 7) is 3.09. The van der Waals surface area contributed by atoms with Gasteiger partial charge in [0, 0.05) is 18.8 Å². The molecular weight excluding hydrogens is 226 g/mol. The van der Waals surface area contributed by atoms with Crippen LogP contribution in [0.15, 0.2) is 18.2 Å². The van der Waals surface area contributed by atoms with Gasteiger partial charge in [-0.2, -0.15) is 0 Å². The third-order valence-corrected chi connectivity index (χ3v) is 2.53. The Hall–Kier alpha value is -1.04. The molecule has 0 aliphatic carbocycles. The minimum absolute atomic E-state index is 0.00787. The number of rotatable bonds is 7. The highest BCUT2D eigenvalue weighted by atomic mass is 19.1. The maximum absolute atomic E-state index is 13.5. The van der Waals surface area contributed by atoms with Gasteiger partial charge in [0.25, 0.3) is 0 Å². The van der Waals surface area contributed by atoms with Gasteiger partial charge in [-0.3, -0.25) is 11.3 Å². The minimum atomic E-state index is -0.579. The van der Waals surface area contributed by atoms with Gasteiger partial charge in [-0.05, 0) is 31.9 Å². The van der Waals surface area contributed by atoms with Gasteiger partial charge in [0.1, 0.15) is 11.6 Å². The highest BCUT2D eigenvalue weighted by molar-refractivity contribution is 5.23. The Morgan fingerprint density at radius 3 is 2.53 bits per heavy atom. The van der Waals surface area contributed by atoms with Crippen LogP contribution in [0.1, 0.15) is 31.4 Å². The van der Waals surface area contributed by atoms with Crippen LogP contribution in [0.5, 0.6) is 0 Å². The molecule has 1 rings (SSSR count). The summed E-state index contributed by atoms with van der Waals surface area (Å²) in [5.74, 6) is 4.17. The summed E-state index contributed by atoms with van der Waals surface area (Å²) in [4.78, 5) is 0. The first-order valence-electron chi connectivity index (χ1n) is 5.68. The van der Waals surface area contributed by atoms with Gasteiger partial charge >= 0.3 is 0 Å². The zero-order valence-electron chi connectivity index (χ0n) is 9.88. The van der Waals surface area contributed by atoms with Crippen LogP contribution >= 0.6 is 0 Å². The van der Waals surface area contributed by atoms with E-state index in [9.17, 15) is 8.78 Å². The quantitative estimate of drug-likeness (QED) is 0.439. The van der Waals surface area contributed by atoms with Crippen LogP contribution < -0.4 is 11.3 Å². The number of halogens is 2. The molecule has 0 saturated carbocycles. The molecule has 1 aromatic carbocycles. The Morgan fingerprint density at radius 1 is 1.35 bits per heavy atom. The Morgan fingerprint density at radius 2 is 2.00 bits per heavy atom. The van der Waals surface area contributed by atoms with Crippen LogP contribution in [-0.4, -0.2) is 13.2 Å². The van der Waals surface area contributed by atoms with E-state index in [4.69, 9.17) is 10.6 Å². The third kappa shape index (κ3) is 4.03. The topological polar surface area (TPSA) is 47.3 Å². The lowest BCUT2D eigenvalue weighted by atomic mass is 10.0. The fourth-order valence-electron chi connectivity index (χ4n) is 1.69.